The van der Waals surface area contributed by atoms with Crippen LogP contribution in [0, 0.1) is 0 Å². The molecule has 156 valence electrons. The van der Waals surface area contributed by atoms with Gasteiger partial charge in [-0.2, -0.15) is 0 Å². The van der Waals surface area contributed by atoms with Gasteiger partial charge in [0.1, 0.15) is 5.75 Å². The van der Waals surface area contributed by atoms with Crippen LogP contribution in [-0.2, 0) is 11.3 Å². The van der Waals surface area contributed by atoms with Crippen LogP contribution in [0.5, 0.6) is 5.75 Å². The standard InChI is InChI=1S/C25H20ClNO4/c1-15(28)27-14-18-12-22(20-5-3-4-6-21(20)25(29)30)24(31-2)13-16(18)7-8-17-11-19(26)9-10-23(17)27/h3-13H,14H2,1-2H3,(H,29,30)/b8-7-. The molecule has 1 aliphatic rings. The van der Waals surface area contributed by atoms with E-state index >= 15 is 0 Å². The summed E-state index contributed by atoms with van der Waals surface area (Å²) in [6.45, 7) is 1.85. The molecule has 5 nitrogen and oxygen atoms in total. The summed E-state index contributed by atoms with van der Waals surface area (Å²) >= 11 is 6.17. The number of amides is 1. The molecule has 1 N–H and O–H groups in total. The number of ether oxygens (including phenoxy) is 1. The van der Waals surface area contributed by atoms with Crippen molar-refractivity contribution >= 4 is 41.3 Å². The SMILES string of the molecule is COc1cc2c(cc1-c1ccccc1C(=O)O)CN(C(C)=O)c1ccc(Cl)cc1/C=C\2. The van der Waals surface area contributed by atoms with Crippen LogP contribution < -0.4 is 9.64 Å². The average molecular weight is 434 g/mol. The first-order valence-corrected chi connectivity index (χ1v) is 10.1. The van der Waals surface area contributed by atoms with Gasteiger partial charge >= 0.3 is 5.97 Å². The number of fused-ring (bicyclic) bond motifs is 2. The van der Waals surface area contributed by atoms with Gasteiger partial charge in [-0.3, -0.25) is 4.79 Å². The number of anilines is 1. The largest absolute Gasteiger partial charge is 0.496 e. The highest BCUT2D eigenvalue weighted by Gasteiger charge is 2.22. The number of hydrogen-bond donors (Lipinski definition) is 1. The van der Waals surface area contributed by atoms with Crippen LogP contribution in [0.25, 0.3) is 23.3 Å². The van der Waals surface area contributed by atoms with Crippen LogP contribution >= 0.6 is 11.6 Å². The third-order valence-electron chi connectivity index (χ3n) is 5.34. The molecule has 6 heteroatoms. The number of nitrogens with zero attached hydrogens (tertiary/aromatic N) is 1. The van der Waals surface area contributed by atoms with Crippen molar-refractivity contribution in [2.24, 2.45) is 0 Å². The van der Waals surface area contributed by atoms with Crippen LogP contribution in [0.4, 0.5) is 5.69 Å². The first kappa shape index (κ1) is 20.7. The number of carboxylic acid groups (broad SMARTS) is 1. The van der Waals surface area contributed by atoms with Crippen molar-refractivity contribution in [3.63, 3.8) is 0 Å². The summed E-state index contributed by atoms with van der Waals surface area (Å²) in [5.74, 6) is -0.563. The monoisotopic (exact) mass is 433 g/mol. The topological polar surface area (TPSA) is 66.8 Å². The lowest BCUT2D eigenvalue weighted by molar-refractivity contribution is -0.116. The molecule has 3 aromatic carbocycles. The minimum atomic E-state index is -1.01. The van der Waals surface area contributed by atoms with Gasteiger partial charge in [0.25, 0.3) is 0 Å². The van der Waals surface area contributed by atoms with Crippen molar-refractivity contribution in [2.75, 3.05) is 12.0 Å². The molecule has 3 aromatic rings. The number of halogens is 1. The Morgan fingerprint density at radius 3 is 2.45 bits per heavy atom. The molecule has 0 bridgehead atoms. The van der Waals surface area contributed by atoms with Gasteiger partial charge in [0.05, 0.1) is 24.9 Å². The molecule has 0 saturated carbocycles. The van der Waals surface area contributed by atoms with E-state index in [1.165, 1.54) is 6.92 Å². The van der Waals surface area contributed by atoms with Gasteiger partial charge in [-0.05, 0) is 58.7 Å². The Hall–Kier alpha value is -3.57. The first-order valence-electron chi connectivity index (χ1n) is 9.68. The van der Waals surface area contributed by atoms with Gasteiger partial charge in [-0.25, -0.2) is 4.79 Å². The average Bonchev–Trinajstić information content (AvgIpc) is 2.74. The summed E-state index contributed by atoms with van der Waals surface area (Å²) in [4.78, 5) is 26.0. The second-order valence-corrected chi connectivity index (χ2v) is 7.68. The van der Waals surface area contributed by atoms with E-state index in [9.17, 15) is 14.7 Å². The third-order valence-corrected chi connectivity index (χ3v) is 5.58. The Bertz CT molecular complexity index is 1230. The number of rotatable bonds is 3. The zero-order chi connectivity index (χ0) is 22.1. The van der Waals surface area contributed by atoms with Crippen LogP contribution in [0.1, 0.15) is 34.0 Å². The molecular weight excluding hydrogens is 414 g/mol. The van der Waals surface area contributed by atoms with E-state index in [1.54, 1.807) is 42.3 Å². The maximum absolute atomic E-state index is 12.5. The van der Waals surface area contributed by atoms with E-state index in [0.29, 0.717) is 28.4 Å². The highest BCUT2D eigenvalue weighted by atomic mass is 35.5. The van der Waals surface area contributed by atoms with Crippen LogP contribution in [0.2, 0.25) is 5.02 Å². The maximum Gasteiger partial charge on any atom is 0.336 e. The fraction of sp³-hybridized carbons (Fsp3) is 0.120. The molecule has 0 aliphatic carbocycles. The molecule has 0 unspecified atom stereocenters. The fourth-order valence-corrected chi connectivity index (χ4v) is 4.02. The Kier molecular flexibility index (Phi) is 5.53. The van der Waals surface area contributed by atoms with Crippen molar-refractivity contribution in [1.82, 2.24) is 0 Å². The number of carboxylic acids is 1. The maximum atomic E-state index is 12.5. The van der Waals surface area contributed by atoms with Crippen molar-refractivity contribution in [2.45, 2.75) is 13.5 Å². The number of aromatic carboxylic acids is 1. The molecule has 0 fully saturated rings. The summed E-state index contributed by atoms with van der Waals surface area (Å²) in [6.07, 6.45) is 3.87. The second-order valence-electron chi connectivity index (χ2n) is 7.24. The number of carbonyl (C=O) groups excluding carboxylic acids is 1. The molecule has 4 rings (SSSR count). The zero-order valence-corrected chi connectivity index (χ0v) is 17.8. The van der Waals surface area contributed by atoms with Crippen molar-refractivity contribution in [1.29, 1.82) is 0 Å². The molecular formula is C25H20ClNO4. The molecule has 0 aromatic heterocycles. The van der Waals surface area contributed by atoms with Gasteiger partial charge in [-0.1, -0.05) is 42.0 Å². The van der Waals surface area contributed by atoms with E-state index in [1.807, 2.05) is 36.4 Å². The van der Waals surface area contributed by atoms with E-state index < -0.39 is 5.97 Å². The quantitative estimate of drug-likeness (QED) is 0.571. The number of methoxy groups -OCH3 is 1. The molecule has 1 aliphatic heterocycles. The van der Waals surface area contributed by atoms with Crippen LogP contribution in [0.15, 0.2) is 54.6 Å². The molecule has 1 heterocycles. The smallest absolute Gasteiger partial charge is 0.336 e. The van der Waals surface area contributed by atoms with E-state index in [4.69, 9.17) is 16.3 Å². The molecule has 31 heavy (non-hydrogen) atoms. The number of carbonyl (C=O) groups is 2. The minimum Gasteiger partial charge on any atom is -0.496 e. The summed E-state index contributed by atoms with van der Waals surface area (Å²) in [6, 6.07) is 16.0. The van der Waals surface area contributed by atoms with Gasteiger partial charge in [-0.15, -0.1) is 0 Å². The van der Waals surface area contributed by atoms with E-state index in [0.717, 1.165) is 22.4 Å². The molecule has 0 atom stereocenters. The molecule has 0 spiro atoms. The summed E-state index contributed by atoms with van der Waals surface area (Å²) in [5.41, 5.74) is 4.77. The Morgan fingerprint density at radius 2 is 1.74 bits per heavy atom. The lowest BCUT2D eigenvalue weighted by Gasteiger charge is -2.27. The summed E-state index contributed by atoms with van der Waals surface area (Å²) < 4.78 is 5.61. The lowest BCUT2D eigenvalue weighted by atomic mass is 9.93. The molecule has 0 radical (unpaired) electrons. The van der Waals surface area contributed by atoms with Crippen molar-refractivity contribution in [3.8, 4) is 16.9 Å². The predicted molar refractivity (Wildman–Crippen MR) is 123 cm³/mol. The highest BCUT2D eigenvalue weighted by Crippen LogP contribution is 2.38. The van der Waals surface area contributed by atoms with E-state index in [-0.39, 0.29) is 11.5 Å². The summed E-state index contributed by atoms with van der Waals surface area (Å²) in [5, 5.41) is 10.2. The van der Waals surface area contributed by atoms with Gasteiger partial charge in [0, 0.05) is 17.5 Å². The van der Waals surface area contributed by atoms with Gasteiger partial charge < -0.3 is 14.7 Å². The molecule has 0 saturated heterocycles. The Balaban J connectivity index is 1.94. The van der Waals surface area contributed by atoms with Crippen molar-refractivity contribution < 1.29 is 19.4 Å². The second kappa shape index (κ2) is 8.28. The Labute approximate surface area is 185 Å². The fourth-order valence-electron chi connectivity index (χ4n) is 3.84. The lowest BCUT2D eigenvalue weighted by Crippen LogP contribution is -2.29. The number of benzene rings is 3. The minimum absolute atomic E-state index is 0.104. The summed E-state index contributed by atoms with van der Waals surface area (Å²) in [7, 11) is 1.55. The van der Waals surface area contributed by atoms with Crippen molar-refractivity contribution in [3.05, 3.63) is 81.9 Å². The zero-order valence-electron chi connectivity index (χ0n) is 17.1. The van der Waals surface area contributed by atoms with Crippen LogP contribution in [0.3, 0.4) is 0 Å². The third kappa shape index (κ3) is 3.92. The van der Waals surface area contributed by atoms with Gasteiger partial charge in [0.15, 0.2) is 0 Å². The number of hydrogen-bond acceptors (Lipinski definition) is 3. The predicted octanol–water partition coefficient (Wildman–Crippen LogP) is 5.75. The normalized spacial score (nSPS) is 13.5. The van der Waals surface area contributed by atoms with Gasteiger partial charge in [0.2, 0.25) is 5.91 Å². The molecule has 1 amide bonds. The Morgan fingerprint density at radius 1 is 1.00 bits per heavy atom. The van der Waals surface area contributed by atoms with E-state index in [2.05, 4.69) is 0 Å². The highest BCUT2D eigenvalue weighted by molar-refractivity contribution is 6.30. The van der Waals surface area contributed by atoms with Crippen LogP contribution in [-0.4, -0.2) is 24.1 Å². The first-order chi connectivity index (χ1) is 14.9.